The Kier molecular flexibility index (Phi) is 1.53. The van der Waals surface area contributed by atoms with Gasteiger partial charge in [0.1, 0.15) is 12.8 Å². The lowest BCUT2D eigenvalue weighted by Gasteiger charge is -2.14. The van der Waals surface area contributed by atoms with E-state index in [1.54, 1.807) is 0 Å². The number of rotatable bonds is 0. The van der Waals surface area contributed by atoms with Crippen molar-refractivity contribution in [2.45, 2.75) is 12.8 Å². The zero-order valence-corrected chi connectivity index (χ0v) is 6.71. The topological polar surface area (TPSA) is 13.1 Å². The second-order valence-corrected chi connectivity index (χ2v) is 2.95. The van der Waals surface area contributed by atoms with Crippen LogP contribution in [-0.2, 0) is 13.5 Å². The molecular formula is C9H12NO+. The fourth-order valence-electron chi connectivity index (χ4n) is 1.42. The summed E-state index contributed by atoms with van der Waals surface area (Å²) in [4.78, 5) is 0. The Morgan fingerprint density at radius 3 is 3.36 bits per heavy atom. The van der Waals surface area contributed by atoms with Crippen LogP contribution in [0.1, 0.15) is 12.0 Å². The molecule has 0 fully saturated rings. The molecule has 0 aromatic carbocycles. The van der Waals surface area contributed by atoms with Crippen molar-refractivity contribution < 1.29 is 9.30 Å². The van der Waals surface area contributed by atoms with Crippen LogP contribution < -0.4 is 9.30 Å². The van der Waals surface area contributed by atoms with E-state index in [2.05, 4.69) is 10.8 Å². The maximum absolute atomic E-state index is 5.47. The first-order valence-corrected chi connectivity index (χ1v) is 3.97. The molecule has 1 aliphatic rings. The smallest absolute Gasteiger partial charge is 0.175 e. The highest BCUT2D eigenvalue weighted by Crippen LogP contribution is 2.21. The fraction of sp³-hybridized carbons (Fsp3) is 0.444. The lowest BCUT2D eigenvalue weighted by Crippen LogP contribution is -2.28. The van der Waals surface area contributed by atoms with Gasteiger partial charge in [0.15, 0.2) is 12.4 Å². The van der Waals surface area contributed by atoms with Crippen LogP contribution in [0.2, 0.25) is 0 Å². The van der Waals surface area contributed by atoms with E-state index in [0.717, 1.165) is 25.2 Å². The van der Waals surface area contributed by atoms with Gasteiger partial charge in [-0.15, -0.1) is 0 Å². The molecule has 0 radical (unpaired) electrons. The summed E-state index contributed by atoms with van der Waals surface area (Å²) >= 11 is 0. The van der Waals surface area contributed by atoms with Gasteiger partial charge in [-0.2, -0.15) is 0 Å². The molecule has 2 heterocycles. The molecule has 0 spiro atoms. The van der Waals surface area contributed by atoms with E-state index < -0.39 is 0 Å². The van der Waals surface area contributed by atoms with Crippen molar-refractivity contribution in [1.29, 1.82) is 0 Å². The van der Waals surface area contributed by atoms with Crippen LogP contribution in [-0.4, -0.2) is 6.61 Å². The minimum Gasteiger partial charge on any atom is -0.493 e. The molecule has 1 aromatic heterocycles. The molecule has 2 rings (SSSR count). The maximum Gasteiger partial charge on any atom is 0.175 e. The third-order valence-corrected chi connectivity index (χ3v) is 1.99. The van der Waals surface area contributed by atoms with Crippen LogP contribution in [0.4, 0.5) is 0 Å². The molecule has 0 amide bonds. The summed E-state index contributed by atoms with van der Waals surface area (Å²) in [6.45, 7) is 0.876. The number of ether oxygens (including phenoxy) is 1. The minimum absolute atomic E-state index is 0.876. The van der Waals surface area contributed by atoms with Gasteiger partial charge in [0, 0.05) is 6.07 Å². The molecule has 0 aliphatic carbocycles. The molecule has 58 valence electrons. The molecule has 1 aliphatic heterocycles. The van der Waals surface area contributed by atoms with Crippen LogP contribution in [0.15, 0.2) is 18.5 Å². The van der Waals surface area contributed by atoms with Gasteiger partial charge < -0.3 is 4.74 Å². The SMILES string of the molecule is C[n+]1ccc2c(c1)CCCO2. The largest absolute Gasteiger partial charge is 0.493 e. The number of aryl methyl sites for hydroxylation is 2. The summed E-state index contributed by atoms with van der Waals surface area (Å²) in [6, 6.07) is 2.04. The van der Waals surface area contributed by atoms with E-state index in [1.807, 2.05) is 19.3 Å². The first-order valence-electron chi connectivity index (χ1n) is 3.97. The molecule has 0 bridgehead atoms. The molecule has 0 saturated carbocycles. The monoisotopic (exact) mass is 150 g/mol. The molecule has 1 aromatic rings. The van der Waals surface area contributed by atoms with Gasteiger partial charge in [-0.1, -0.05) is 0 Å². The predicted octanol–water partition coefficient (Wildman–Crippen LogP) is 0.836. The van der Waals surface area contributed by atoms with Gasteiger partial charge in [0.25, 0.3) is 0 Å². The average Bonchev–Trinajstić information content (AvgIpc) is 2.04. The van der Waals surface area contributed by atoms with E-state index in [0.29, 0.717) is 0 Å². The van der Waals surface area contributed by atoms with Gasteiger partial charge in [0.2, 0.25) is 0 Å². The molecule has 0 atom stereocenters. The van der Waals surface area contributed by atoms with Crippen molar-refractivity contribution in [3.8, 4) is 5.75 Å². The lowest BCUT2D eigenvalue weighted by molar-refractivity contribution is -0.672. The zero-order chi connectivity index (χ0) is 7.68. The number of aromatic nitrogens is 1. The van der Waals surface area contributed by atoms with E-state index in [1.165, 1.54) is 5.56 Å². The Bertz CT molecular complexity index is 270. The number of fused-ring (bicyclic) bond motifs is 1. The van der Waals surface area contributed by atoms with Crippen molar-refractivity contribution in [1.82, 2.24) is 0 Å². The number of hydrogen-bond donors (Lipinski definition) is 0. The number of nitrogens with zero attached hydrogens (tertiary/aromatic N) is 1. The summed E-state index contributed by atoms with van der Waals surface area (Å²) in [5, 5.41) is 0. The third kappa shape index (κ3) is 1.20. The lowest BCUT2D eigenvalue weighted by atomic mass is 10.1. The third-order valence-electron chi connectivity index (χ3n) is 1.99. The Hall–Kier alpha value is -1.05. The Morgan fingerprint density at radius 1 is 1.55 bits per heavy atom. The van der Waals surface area contributed by atoms with Crippen LogP contribution >= 0.6 is 0 Å². The first kappa shape index (κ1) is 6.65. The fourth-order valence-corrected chi connectivity index (χ4v) is 1.42. The van der Waals surface area contributed by atoms with Crippen LogP contribution in [0, 0.1) is 0 Å². The Labute approximate surface area is 66.4 Å². The highest BCUT2D eigenvalue weighted by Gasteiger charge is 2.12. The van der Waals surface area contributed by atoms with E-state index in [4.69, 9.17) is 4.74 Å². The van der Waals surface area contributed by atoms with E-state index in [-0.39, 0.29) is 0 Å². The van der Waals surface area contributed by atoms with Gasteiger partial charge >= 0.3 is 0 Å². The molecule has 2 nitrogen and oxygen atoms in total. The second kappa shape index (κ2) is 2.53. The summed E-state index contributed by atoms with van der Waals surface area (Å²) in [5.41, 5.74) is 1.33. The molecule has 0 unspecified atom stereocenters. The number of pyridine rings is 1. The Balaban J connectivity index is 2.43. The van der Waals surface area contributed by atoms with Crippen molar-refractivity contribution in [3.63, 3.8) is 0 Å². The standard InChI is InChI=1S/C9H12NO/c1-10-5-4-9-8(7-10)3-2-6-11-9/h4-5,7H,2-3,6H2,1H3/q+1. The van der Waals surface area contributed by atoms with Crippen LogP contribution in [0.5, 0.6) is 5.75 Å². The van der Waals surface area contributed by atoms with Crippen molar-refractivity contribution in [2.75, 3.05) is 6.61 Å². The van der Waals surface area contributed by atoms with Gasteiger partial charge in [-0.25, -0.2) is 4.57 Å². The van der Waals surface area contributed by atoms with Crippen molar-refractivity contribution in [3.05, 3.63) is 24.0 Å². The highest BCUT2D eigenvalue weighted by molar-refractivity contribution is 5.29. The molecule has 2 heteroatoms. The summed E-state index contributed by atoms with van der Waals surface area (Å²) in [6.07, 6.45) is 6.46. The molecule has 11 heavy (non-hydrogen) atoms. The van der Waals surface area contributed by atoms with Gasteiger partial charge in [0.05, 0.1) is 12.2 Å². The van der Waals surface area contributed by atoms with E-state index >= 15 is 0 Å². The Morgan fingerprint density at radius 2 is 2.45 bits per heavy atom. The summed E-state index contributed by atoms with van der Waals surface area (Å²) in [5.74, 6) is 1.06. The van der Waals surface area contributed by atoms with Crippen LogP contribution in [0.3, 0.4) is 0 Å². The maximum atomic E-state index is 5.47. The average molecular weight is 150 g/mol. The summed E-state index contributed by atoms with van der Waals surface area (Å²) in [7, 11) is 2.04. The quantitative estimate of drug-likeness (QED) is 0.499. The number of hydrogen-bond acceptors (Lipinski definition) is 1. The summed E-state index contributed by atoms with van der Waals surface area (Å²) < 4.78 is 7.53. The van der Waals surface area contributed by atoms with Crippen LogP contribution in [0.25, 0.3) is 0 Å². The zero-order valence-electron chi connectivity index (χ0n) is 6.71. The molecular weight excluding hydrogens is 138 g/mol. The molecule has 0 N–H and O–H groups in total. The minimum atomic E-state index is 0.876. The van der Waals surface area contributed by atoms with Crippen molar-refractivity contribution in [2.24, 2.45) is 7.05 Å². The first-order chi connectivity index (χ1) is 5.36. The predicted molar refractivity (Wildman–Crippen MR) is 41.4 cm³/mol. The normalized spacial score (nSPS) is 15.4. The highest BCUT2D eigenvalue weighted by atomic mass is 16.5. The van der Waals surface area contributed by atoms with Crippen molar-refractivity contribution >= 4 is 0 Å². The van der Waals surface area contributed by atoms with Gasteiger partial charge in [-0.05, 0) is 12.8 Å². The molecule has 0 saturated heterocycles. The second-order valence-electron chi connectivity index (χ2n) is 2.95. The van der Waals surface area contributed by atoms with E-state index in [9.17, 15) is 0 Å². The van der Waals surface area contributed by atoms with Gasteiger partial charge in [-0.3, -0.25) is 0 Å².